The number of nitrogens with one attached hydrogen (secondary N) is 1. The fraction of sp³-hybridized carbons (Fsp3) is 0.452. The minimum atomic E-state index is -0.886. The molecule has 0 fully saturated rings. The normalized spacial score (nSPS) is 13.2. The molecule has 1 aromatic heterocycles. The van der Waals surface area contributed by atoms with Crippen LogP contribution >= 0.6 is 11.3 Å². The van der Waals surface area contributed by atoms with Gasteiger partial charge in [0.05, 0.1) is 11.8 Å². The van der Waals surface area contributed by atoms with E-state index in [-0.39, 0.29) is 34.3 Å². The van der Waals surface area contributed by atoms with Crippen molar-refractivity contribution in [3.8, 4) is 23.1 Å². The first-order valence-corrected chi connectivity index (χ1v) is 13.5. The Balaban J connectivity index is 1.81. The van der Waals surface area contributed by atoms with Gasteiger partial charge in [0.25, 0.3) is 0 Å². The van der Waals surface area contributed by atoms with E-state index in [2.05, 4.69) is 49.3 Å². The third-order valence-electron chi connectivity index (χ3n) is 6.48. The number of rotatable bonds is 5. The number of nitriles is 1. The van der Waals surface area contributed by atoms with Gasteiger partial charge in [-0.1, -0.05) is 98.7 Å². The third kappa shape index (κ3) is 6.78. The van der Waals surface area contributed by atoms with Gasteiger partial charge in [0.2, 0.25) is 5.91 Å². The first-order valence-electron chi connectivity index (χ1n) is 12.6. The Morgan fingerprint density at radius 1 is 0.973 bits per heavy atom. The molecule has 0 aliphatic carbocycles. The number of anilines is 1. The van der Waals surface area contributed by atoms with Crippen LogP contribution in [-0.4, -0.2) is 16.0 Å². The van der Waals surface area contributed by atoms with Crippen LogP contribution in [0.5, 0.6) is 5.75 Å². The van der Waals surface area contributed by atoms with Crippen LogP contribution in [0.3, 0.4) is 0 Å². The van der Waals surface area contributed by atoms with Crippen molar-refractivity contribution in [1.82, 2.24) is 4.98 Å². The van der Waals surface area contributed by atoms with Crippen LogP contribution < -0.4 is 5.32 Å². The largest absolute Gasteiger partial charge is 0.507 e. The number of thiazole rings is 1. The molecule has 1 atom stereocenters. The molecule has 0 saturated heterocycles. The van der Waals surface area contributed by atoms with Gasteiger partial charge >= 0.3 is 0 Å². The maximum atomic E-state index is 13.1. The minimum Gasteiger partial charge on any atom is -0.507 e. The van der Waals surface area contributed by atoms with Gasteiger partial charge < -0.3 is 10.4 Å². The van der Waals surface area contributed by atoms with Crippen molar-refractivity contribution >= 4 is 22.4 Å². The van der Waals surface area contributed by atoms with E-state index >= 15 is 0 Å². The van der Waals surface area contributed by atoms with Crippen molar-refractivity contribution in [2.45, 2.75) is 85.0 Å². The van der Waals surface area contributed by atoms with Crippen LogP contribution in [0.15, 0.2) is 41.8 Å². The quantitative estimate of drug-likeness (QED) is 0.362. The predicted octanol–water partition coefficient (Wildman–Crippen LogP) is 7.73. The van der Waals surface area contributed by atoms with Gasteiger partial charge in [-0.2, -0.15) is 5.26 Å². The van der Waals surface area contributed by atoms with Crippen molar-refractivity contribution < 1.29 is 9.90 Å². The number of hydrogen-bond acceptors (Lipinski definition) is 5. The van der Waals surface area contributed by atoms with E-state index in [0.29, 0.717) is 5.13 Å². The third-order valence-corrected chi connectivity index (χ3v) is 7.24. The molecule has 2 N–H and O–H groups in total. The van der Waals surface area contributed by atoms with Crippen LogP contribution in [0.25, 0.3) is 11.3 Å². The summed E-state index contributed by atoms with van der Waals surface area (Å²) in [5.74, 6) is -0.981. The van der Waals surface area contributed by atoms with E-state index < -0.39 is 5.92 Å². The molecule has 2 aromatic carbocycles. The highest BCUT2D eigenvalue weighted by Crippen LogP contribution is 2.40. The van der Waals surface area contributed by atoms with Crippen LogP contribution in [-0.2, 0) is 27.5 Å². The number of nitrogens with zero attached hydrogens (tertiary/aromatic N) is 2. The second kappa shape index (κ2) is 10.3. The zero-order chi connectivity index (χ0) is 27.8. The molecule has 1 heterocycles. The molecule has 6 heteroatoms. The molecule has 37 heavy (non-hydrogen) atoms. The first kappa shape index (κ1) is 28.4. The van der Waals surface area contributed by atoms with E-state index in [1.54, 1.807) is 0 Å². The van der Waals surface area contributed by atoms with Crippen LogP contribution in [0, 0.1) is 17.2 Å². The molecule has 0 aliphatic rings. The Labute approximate surface area is 225 Å². The zero-order valence-electron chi connectivity index (χ0n) is 23.5. The number of aromatic nitrogens is 1. The lowest BCUT2D eigenvalue weighted by atomic mass is 9.77. The Bertz CT molecular complexity index is 1280. The fourth-order valence-electron chi connectivity index (χ4n) is 4.19. The average Bonchev–Trinajstić information content (AvgIpc) is 3.24. The smallest absolute Gasteiger partial charge is 0.243 e. The summed E-state index contributed by atoms with van der Waals surface area (Å²) in [4.78, 5) is 17.6. The summed E-state index contributed by atoms with van der Waals surface area (Å²) in [7, 11) is 0. The number of benzene rings is 2. The van der Waals surface area contributed by atoms with E-state index in [4.69, 9.17) is 0 Å². The molecule has 196 valence electrons. The highest BCUT2D eigenvalue weighted by Gasteiger charge is 2.28. The Morgan fingerprint density at radius 2 is 1.51 bits per heavy atom. The molecular formula is C31H39N3O2S. The summed E-state index contributed by atoms with van der Waals surface area (Å²) in [6.45, 7) is 18.8. The minimum absolute atomic E-state index is 0.0742. The highest BCUT2D eigenvalue weighted by molar-refractivity contribution is 7.14. The SMILES string of the molecule is CC(C)(C)c1ccc(-c2csc(NC(=O)C(C#N)Cc3cc(C(C)(C)C)c(O)c(C(C)(C)C)c3)n2)cc1. The summed E-state index contributed by atoms with van der Waals surface area (Å²) < 4.78 is 0. The number of phenolic OH excluding ortho intramolecular Hbond substituents is 1. The van der Waals surface area contributed by atoms with Gasteiger partial charge in [0, 0.05) is 10.9 Å². The molecule has 0 radical (unpaired) electrons. The number of phenols is 1. The Hall–Kier alpha value is -3.17. The number of amides is 1. The molecule has 3 rings (SSSR count). The van der Waals surface area contributed by atoms with Gasteiger partial charge in [-0.25, -0.2) is 4.98 Å². The lowest BCUT2D eigenvalue weighted by Crippen LogP contribution is -2.24. The van der Waals surface area contributed by atoms with Crippen LogP contribution in [0.2, 0.25) is 0 Å². The number of carbonyl (C=O) groups is 1. The second-order valence-electron chi connectivity index (χ2n) is 12.8. The van der Waals surface area contributed by atoms with E-state index in [1.165, 1.54) is 16.9 Å². The van der Waals surface area contributed by atoms with Crippen molar-refractivity contribution in [3.05, 3.63) is 64.0 Å². The summed E-state index contributed by atoms with van der Waals surface area (Å²) in [6, 6.07) is 14.3. The van der Waals surface area contributed by atoms with Crippen molar-refractivity contribution in [1.29, 1.82) is 5.26 Å². The van der Waals surface area contributed by atoms with Crippen molar-refractivity contribution in [3.63, 3.8) is 0 Å². The standard InChI is InChI=1S/C31H39N3O2S/c1-29(2,3)22-12-10-20(11-13-22)25-18-37-28(33-25)34-27(36)21(17-32)14-19-15-23(30(4,5)6)26(35)24(16-19)31(7,8)9/h10-13,15-16,18,21,35H,14H2,1-9H3,(H,33,34,36). The number of carbonyl (C=O) groups excluding carboxylic acids is 1. The lowest BCUT2D eigenvalue weighted by Gasteiger charge is -2.28. The fourth-order valence-corrected chi connectivity index (χ4v) is 4.91. The highest BCUT2D eigenvalue weighted by atomic mass is 32.1. The summed E-state index contributed by atoms with van der Waals surface area (Å²) in [6.07, 6.45) is 0.251. The van der Waals surface area contributed by atoms with Gasteiger partial charge in [0.15, 0.2) is 5.13 Å². The summed E-state index contributed by atoms with van der Waals surface area (Å²) >= 11 is 1.34. The molecule has 0 spiro atoms. The van der Waals surface area contributed by atoms with Crippen LogP contribution in [0.1, 0.15) is 84.6 Å². The van der Waals surface area contributed by atoms with E-state index in [1.807, 2.05) is 71.2 Å². The molecule has 3 aromatic rings. The number of hydrogen-bond donors (Lipinski definition) is 2. The number of aromatic hydroxyl groups is 1. The Morgan fingerprint density at radius 3 is 1.97 bits per heavy atom. The van der Waals surface area contributed by atoms with Gasteiger partial charge in [-0.3, -0.25) is 4.79 Å². The topological polar surface area (TPSA) is 86.0 Å². The summed E-state index contributed by atoms with van der Waals surface area (Å²) in [5.41, 5.74) is 5.00. The molecule has 0 saturated carbocycles. The van der Waals surface area contributed by atoms with Gasteiger partial charge in [-0.05, 0) is 44.9 Å². The van der Waals surface area contributed by atoms with Gasteiger partial charge in [-0.15, -0.1) is 11.3 Å². The molecule has 1 amide bonds. The van der Waals surface area contributed by atoms with Crippen molar-refractivity contribution in [2.75, 3.05) is 5.32 Å². The maximum Gasteiger partial charge on any atom is 0.243 e. The second-order valence-corrected chi connectivity index (χ2v) is 13.6. The van der Waals surface area contributed by atoms with E-state index in [9.17, 15) is 15.2 Å². The Kier molecular flexibility index (Phi) is 7.91. The molecule has 5 nitrogen and oxygen atoms in total. The van der Waals surface area contributed by atoms with Crippen molar-refractivity contribution in [2.24, 2.45) is 5.92 Å². The monoisotopic (exact) mass is 517 g/mol. The van der Waals surface area contributed by atoms with Crippen LogP contribution in [0.4, 0.5) is 5.13 Å². The van der Waals surface area contributed by atoms with Gasteiger partial charge in [0.1, 0.15) is 11.7 Å². The molecular weight excluding hydrogens is 478 g/mol. The van der Waals surface area contributed by atoms with E-state index in [0.717, 1.165) is 27.9 Å². The first-order chi connectivity index (χ1) is 17.0. The molecule has 0 bridgehead atoms. The lowest BCUT2D eigenvalue weighted by molar-refractivity contribution is -0.118. The maximum absolute atomic E-state index is 13.1. The zero-order valence-corrected chi connectivity index (χ0v) is 24.3. The molecule has 0 aliphatic heterocycles. The predicted molar refractivity (Wildman–Crippen MR) is 153 cm³/mol. The molecule has 1 unspecified atom stereocenters. The summed E-state index contributed by atoms with van der Waals surface area (Å²) in [5, 5.41) is 26.0. The average molecular weight is 518 g/mol.